The van der Waals surface area contributed by atoms with E-state index in [-0.39, 0.29) is 0 Å². The van der Waals surface area contributed by atoms with Crippen molar-refractivity contribution in [3.05, 3.63) is 129 Å². The van der Waals surface area contributed by atoms with Crippen molar-refractivity contribution in [1.82, 2.24) is 0 Å². The zero-order chi connectivity index (χ0) is 42.3. The first-order valence-electron chi connectivity index (χ1n) is 25.4. The molecule has 0 aliphatic heterocycles. The van der Waals surface area contributed by atoms with Gasteiger partial charge in [0.25, 0.3) is 0 Å². The van der Waals surface area contributed by atoms with Crippen LogP contribution in [0.3, 0.4) is 0 Å². The van der Waals surface area contributed by atoms with E-state index in [4.69, 9.17) is 11.5 Å². The van der Waals surface area contributed by atoms with Crippen molar-refractivity contribution < 1.29 is 0 Å². The van der Waals surface area contributed by atoms with Crippen molar-refractivity contribution in [2.24, 2.45) is 0 Å². The highest BCUT2D eigenvalue weighted by Gasteiger charge is 2.09. The van der Waals surface area contributed by atoms with Crippen molar-refractivity contribution in [2.45, 2.75) is 219 Å². The number of benzene rings is 4. The van der Waals surface area contributed by atoms with E-state index in [2.05, 4.69) is 74.5 Å². The van der Waals surface area contributed by atoms with Crippen LogP contribution in [0, 0.1) is 0 Å². The quantitative estimate of drug-likeness (QED) is 0.0359. The molecule has 0 bridgehead atoms. The van der Waals surface area contributed by atoms with Crippen LogP contribution < -0.4 is 11.5 Å². The summed E-state index contributed by atoms with van der Waals surface area (Å²) < 4.78 is 0. The number of nitrogen functional groups attached to an aromatic ring is 2. The number of nitrogens with two attached hydrogens (primary N) is 2. The smallest absolute Gasteiger partial charge is 0.0314 e. The van der Waals surface area contributed by atoms with E-state index >= 15 is 0 Å². The number of hydrogen-bond acceptors (Lipinski definition) is 2. The van der Waals surface area contributed by atoms with Gasteiger partial charge in [0.1, 0.15) is 0 Å². The summed E-state index contributed by atoms with van der Waals surface area (Å²) >= 11 is 0. The predicted molar refractivity (Wildman–Crippen MR) is 266 cm³/mol. The van der Waals surface area contributed by atoms with Crippen LogP contribution in [0.1, 0.15) is 225 Å². The lowest BCUT2D eigenvalue weighted by Gasteiger charge is -2.13. The fourth-order valence-electron chi connectivity index (χ4n) is 9.22. The standard InChI is InChI=1S/C58H88N2/c1-3-5-7-21-27-31-55-47-51(45-49-35-41-57(59)42-36-49)33-39-53(55)29-25-23-19-17-15-13-11-9-10-12-14-16-18-20-24-26-30-54-40-34-52(46-50-37-43-58(60)44-38-50)48-56(54)32-28-22-8-6-4-2/h33-44,47-48H,3-32,45-46,59-60H2,1-2H3. The Balaban J connectivity index is 1.000. The summed E-state index contributed by atoms with van der Waals surface area (Å²) in [5.41, 5.74) is 25.5. The summed E-state index contributed by atoms with van der Waals surface area (Å²) in [5, 5.41) is 0. The molecular weight excluding hydrogens is 725 g/mol. The van der Waals surface area contributed by atoms with Crippen molar-refractivity contribution in [3.63, 3.8) is 0 Å². The Bertz CT molecular complexity index is 1530. The average Bonchev–Trinajstić information content (AvgIpc) is 3.26. The Morgan fingerprint density at radius 2 is 0.517 bits per heavy atom. The molecule has 0 atom stereocenters. The molecule has 2 heteroatoms. The largest absolute Gasteiger partial charge is 0.399 e. The highest BCUT2D eigenvalue weighted by Crippen LogP contribution is 2.24. The van der Waals surface area contributed by atoms with Gasteiger partial charge in [-0.15, -0.1) is 0 Å². The van der Waals surface area contributed by atoms with E-state index in [1.54, 1.807) is 22.3 Å². The van der Waals surface area contributed by atoms with E-state index in [0.717, 1.165) is 24.2 Å². The zero-order valence-electron chi connectivity index (χ0n) is 38.9. The van der Waals surface area contributed by atoms with Gasteiger partial charge in [-0.2, -0.15) is 0 Å². The maximum Gasteiger partial charge on any atom is 0.0314 e. The van der Waals surface area contributed by atoms with Crippen LogP contribution in [0.2, 0.25) is 0 Å². The monoisotopic (exact) mass is 813 g/mol. The van der Waals surface area contributed by atoms with Crippen molar-refractivity contribution >= 4 is 11.4 Å². The lowest BCUT2D eigenvalue weighted by Crippen LogP contribution is -1.99. The van der Waals surface area contributed by atoms with E-state index < -0.39 is 0 Å². The molecule has 4 aromatic carbocycles. The summed E-state index contributed by atoms with van der Waals surface area (Å²) in [5.74, 6) is 0. The molecule has 4 aromatic rings. The SMILES string of the molecule is CCCCCCCc1cc(Cc2ccc(N)cc2)ccc1CCCCCCCCCCCCCCCCCCc1ccc(Cc2ccc(N)cc2)cc1CCCCCCC. The molecule has 0 spiro atoms. The number of rotatable bonds is 35. The van der Waals surface area contributed by atoms with Crippen molar-refractivity contribution in [3.8, 4) is 0 Å². The Morgan fingerprint density at radius 1 is 0.267 bits per heavy atom. The minimum absolute atomic E-state index is 0.845. The summed E-state index contributed by atoms with van der Waals surface area (Å²) in [4.78, 5) is 0. The van der Waals surface area contributed by atoms with Gasteiger partial charge >= 0.3 is 0 Å². The Labute approximate surface area is 370 Å². The molecule has 330 valence electrons. The van der Waals surface area contributed by atoms with Crippen LogP contribution in [-0.2, 0) is 38.5 Å². The van der Waals surface area contributed by atoms with Gasteiger partial charge in [0.2, 0.25) is 0 Å². The van der Waals surface area contributed by atoms with Gasteiger partial charge in [0.15, 0.2) is 0 Å². The van der Waals surface area contributed by atoms with Crippen LogP contribution >= 0.6 is 0 Å². The van der Waals surface area contributed by atoms with Crippen LogP contribution in [0.15, 0.2) is 84.9 Å². The fraction of sp³-hybridized carbons (Fsp3) is 0.586. The van der Waals surface area contributed by atoms with E-state index in [0.29, 0.717) is 0 Å². The first-order chi connectivity index (χ1) is 29.5. The molecule has 0 aliphatic rings. The predicted octanol–water partition coefficient (Wildman–Crippen LogP) is 17.1. The average molecular weight is 813 g/mol. The number of unbranched alkanes of at least 4 members (excludes halogenated alkanes) is 23. The third-order valence-electron chi connectivity index (χ3n) is 13.1. The number of anilines is 2. The molecule has 0 heterocycles. The molecule has 4 N–H and O–H groups in total. The van der Waals surface area contributed by atoms with Crippen molar-refractivity contribution in [2.75, 3.05) is 11.5 Å². The van der Waals surface area contributed by atoms with Gasteiger partial charge in [-0.1, -0.05) is 216 Å². The molecule has 0 saturated heterocycles. The van der Waals surface area contributed by atoms with Gasteiger partial charge in [-0.25, -0.2) is 0 Å². The molecule has 0 aliphatic carbocycles. The highest BCUT2D eigenvalue weighted by atomic mass is 14.5. The fourth-order valence-corrected chi connectivity index (χ4v) is 9.22. The second-order valence-corrected chi connectivity index (χ2v) is 18.5. The third-order valence-corrected chi connectivity index (χ3v) is 13.1. The first kappa shape index (κ1) is 49.1. The summed E-state index contributed by atoms with van der Waals surface area (Å²) in [6.45, 7) is 4.61. The van der Waals surface area contributed by atoms with Crippen LogP contribution in [0.25, 0.3) is 0 Å². The molecule has 0 amide bonds. The van der Waals surface area contributed by atoms with Crippen LogP contribution in [0.5, 0.6) is 0 Å². The topological polar surface area (TPSA) is 52.0 Å². The van der Waals surface area contributed by atoms with Gasteiger partial charge < -0.3 is 11.5 Å². The Kier molecular flexibility index (Phi) is 25.7. The Morgan fingerprint density at radius 3 is 0.817 bits per heavy atom. The molecule has 0 saturated carbocycles. The number of hydrogen-bond donors (Lipinski definition) is 2. The summed E-state index contributed by atoms with van der Waals surface area (Å²) in [6.07, 6.45) is 43.0. The highest BCUT2D eigenvalue weighted by molar-refractivity contribution is 5.43. The molecule has 60 heavy (non-hydrogen) atoms. The maximum atomic E-state index is 5.93. The third kappa shape index (κ3) is 21.3. The van der Waals surface area contributed by atoms with E-state index in [1.165, 1.54) is 215 Å². The lowest BCUT2D eigenvalue weighted by atomic mass is 9.93. The van der Waals surface area contributed by atoms with Crippen LogP contribution in [0.4, 0.5) is 11.4 Å². The Hall–Kier alpha value is -3.52. The van der Waals surface area contributed by atoms with Gasteiger partial charge in [-0.3, -0.25) is 0 Å². The van der Waals surface area contributed by atoms with Crippen molar-refractivity contribution in [1.29, 1.82) is 0 Å². The molecular formula is C58H88N2. The summed E-state index contributed by atoms with van der Waals surface area (Å²) in [7, 11) is 0. The molecule has 4 rings (SSSR count). The minimum atomic E-state index is 0.845. The summed E-state index contributed by atoms with van der Waals surface area (Å²) in [6, 6.07) is 31.5. The second kappa shape index (κ2) is 31.3. The maximum absolute atomic E-state index is 5.93. The molecule has 0 fully saturated rings. The first-order valence-corrected chi connectivity index (χ1v) is 25.4. The normalized spacial score (nSPS) is 11.4. The zero-order valence-corrected chi connectivity index (χ0v) is 38.9. The second-order valence-electron chi connectivity index (χ2n) is 18.5. The number of aryl methyl sites for hydroxylation is 4. The van der Waals surface area contributed by atoms with Crippen LogP contribution in [-0.4, -0.2) is 0 Å². The molecule has 2 nitrogen and oxygen atoms in total. The lowest BCUT2D eigenvalue weighted by molar-refractivity contribution is 0.527. The minimum Gasteiger partial charge on any atom is -0.399 e. The van der Waals surface area contributed by atoms with Gasteiger partial charge in [-0.05, 0) is 133 Å². The van der Waals surface area contributed by atoms with Gasteiger partial charge in [0.05, 0.1) is 0 Å². The van der Waals surface area contributed by atoms with E-state index in [1.807, 2.05) is 24.3 Å². The van der Waals surface area contributed by atoms with E-state index in [9.17, 15) is 0 Å². The van der Waals surface area contributed by atoms with Gasteiger partial charge in [0, 0.05) is 11.4 Å². The molecule has 0 aromatic heterocycles. The molecule has 0 unspecified atom stereocenters. The molecule has 0 radical (unpaired) electrons.